The Kier molecular flexibility index (Phi) is 123. The maximum atomic E-state index is 12.8. The molecule has 0 radical (unpaired) electrons. The van der Waals surface area contributed by atoms with Gasteiger partial charge in [0.15, 0.2) is 0 Å². The van der Waals surface area contributed by atoms with Gasteiger partial charge in [0.05, 0.1) is 12.2 Å². The van der Waals surface area contributed by atoms with Gasteiger partial charge in [-0.05, 0) is 123 Å². The molecule has 1 heterocycles. The van der Waals surface area contributed by atoms with Crippen LogP contribution in [-0.2, 0) is 14.4 Å². The standard InChI is InChI=1S/C50H104N4O2.C34H71N3O2.C34H69N3O.C2H6/c1-4-7-10-13-16-19-22-24-27-30-33-36-42-53(46-40-50(56)52-41-35-32-29-26-21-18-15-12-9-6-3)43-38-39-45-54(48-49(55)47-51)44-37-34-31-28-25-23-20-17-14-11-8-5-2;1-3-5-7-9-11-13-15-17-19-21-23-25-28-36-29-27-34(39)37(32-33(38)31-35)30-26-24-22-20-18-16-14-12-10-8-6-4-2;1-3-5-7-9-11-13-15-16-18-20-22-24-31-37(33-25-29-35-30-26-33)32-27-34(38)36-28-23-21-19-17-14-12-10-8-6-4-2;1-2/h49,55H,4-48,51H2,1-3H3,(H,52,56);33,36,38H,3-32,35H2,1-2H3;33,35H,3-32H2,1-2H3,(H,36,38);1-2H3. The fourth-order valence-corrected chi connectivity index (χ4v) is 19.6. The molecule has 0 aromatic carbocycles. The van der Waals surface area contributed by atoms with Crippen LogP contribution in [0.1, 0.15) is 621 Å². The monoisotopic (exact) mass is 1910 g/mol. The number of nitrogens with two attached hydrogens (primary N) is 2. The molecule has 0 bridgehead atoms. The predicted octanol–water partition coefficient (Wildman–Crippen LogP) is 32.2. The minimum absolute atomic E-state index is 0.146. The molecular formula is C120H250N10O5. The van der Waals surface area contributed by atoms with Crippen LogP contribution in [0.3, 0.4) is 0 Å². The van der Waals surface area contributed by atoms with E-state index in [0.29, 0.717) is 44.9 Å². The van der Waals surface area contributed by atoms with Crippen molar-refractivity contribution in [2.45, 2.75) is 639 Å². The third-order valence-electron chi connectivity index (χ3n) is 28.8. The minimum atomic E-state index is -0.625. The molecule has 0 saturated carbocycles. The van der Waals surface area contributed by atoms with Gasteiger partial charge >= 0.3 is 0 Å². The molecule has 135 heavy (non-hydrogen) atoms. The molecule has 2 unspecified atom stereocenters. The molecule has 3 amide bonds. The first-order valence-electron chi connectivity index (χ1n) is 61.7. The maximum Gasteiger partial charge on any atom is 0.223 e. The van der Waals surface area contributed by atoms with Gasteiger partial charge in [-0.15, -0.1) is 0 Å². The lowest BCUT2D eigenvalue weighted by Gasteiger charge is -2.34. The number of unbranched alkanes of at least 4 members (excludes halogenated alkanes) is 74. The van der Waals surface area contributed by atoms with Crippen LogP contribution in [0.2, 0.25) is 0 Å². The third-order valence-corrected chi connectivity index (χ3v) is 28.8. The van der Waals surface area contributed by atoms with Crippen molar-refractivity contribution in [1.29, 1.82) is 0 Å². The van der Waals surface area contributed by atoms with E-state index in [9.17, 15) is 24.6 Å². The fourth-order valence-electron chi connectivity index (χ4n) is 19.6. The molecule has 1 fully saturated rings. The van der Waals surface area contributed by atoms with Gasteiger partial charge < -0.3 is 57.6 Å². The van der Waals surface area contributed by atoms with Crippen LogP contribution in [0, 0.1) is 0 Å². The fraction of sp³-hybridized carbons (Fsp3) is 0.975. The molecule has 2 atom stereocenters. The second kappa shape index (κ2) is 121. The van der Waals surface area contributed by atoms with Gasteiger partial charge in [-0.25, -0.2) is 0 Å². The van der Waals surface area contributed by atoms with Crippen molar-refractivity contribution in [3.63, 3.8) is 0 Å². The summed E-state index contributed by atoms with van der Waals surface area (Å²) < 4.78 is 0. The molecule has 810 valence electrons. The lowest BCUT2D eigenvalue weighted by molar-refractivity contribution is -0.132. The summed E-state index contributed by atoms with van der Waals surface area (Å²) in [6.07, 6.45) is 114. The molecule has 15 nitrogen and oxygen atoms in total. The van der Waals surface area contributed by atoms with Crippen LogP contribution < -0.4 is 32.7 Å². The number of hydrogen-bond donors (Lipinski definition) is 8. The van der Waals surface area contributed by atoms with E-state index < -0.39 is 12.2 Å². The van der Waals surface area contributed by atoms with Crippen molar-refractivity contribution in [3.8, 4) is 0 Å². The molecule has 0 aromatic heterocycles. The van der Waals surface area contributed by atoms with E-state index in [4.69, 9.17) is 11.5 Å². The van der Waals surface area contributed by atoms with Gasteiger partial charge in [-0.3, -0.25) is 19.3 Å². The van der Waals surface area contributed by atoms with Gasteiger partial charge in [-0.1, -0.05) is 531 Å². The lowest BCUT2D eigenvalue weighted by Crippen LogP contribution is -2.45. The van der Waals surface area contributed by atoms with Crippen molar-refractivity contribution < 1.29 is 24.6 Å². The van der Waals surface area contributed by atoms with E-state index in [-0.39, 0.29) is 24.3 Å². The van der Waals surface area contributed by atoms with E-state index in [1.807, 2.05) is 18.7 Å². The Morgan fingerprint density at radius 2 is 0.496 bits per heavy atom. The number of nitrogens with zero attached hydrogens (tertiary/aromatic N) is 4. The first-order valence-corrected chi connectivity index (χ1v) is 61.7. The topological polar surface area (TPSA) is 205 Å². The number of amides is 3. The van der Waals surface area contributed by atoms with Crippen molar-refractivity contribution in [3.05, 3.63) is 0 Å². The average Bonchev–Trinajstić information content (AvgIpc) is 0.896. The molecule has 0 spiro atoms. The van der Waals surface area contributed by atoms with Gasteiger partial charge in [0.1, 0.15) is 0 Å². The smallest absolute Gasteiger partial charge is 0.223 e. The molecule has 1 rings (SSSR count). The molecule has 0 aliphatic carbocycles. The normalized spacial score (nSPS) is 12.7. The molecule has 15 heteroatoms. The Morgan fingerprint density at radius 3 is 0.785 bits per heavy atom. The number of piperidine rings is 1. The summed E-state index contributed by atoms with van der Waals surface area (Å²) in [5.74, 6) is 0.632. The SMILES string of the molecule is CC.CCCCCCCCCCCCCCN(CCC(=O)NCCCCCCCCCCCC)C1CCNCC1.CCCCCCCCCCCCCCN(CCCCN(CCCCCCCCCCCCCC)CC(O)CN)CCC(=O)NCCCCCCCCCCCC.CCCCCCCCCCCCCCNCCC(=O)N(CCCCCCCCCCCCCC)CC(O)CN. The lowest BCUT2D eigenvalue weighted by atomic mass is 10.0. The molecule has 1 aliphatic heterocycles. The summed E-state index contributed by atoms with van der Waals surface area (Å²) >= 11 is 0. The highest BCUT2D eigenvalue weighted by Gasteiger charge is 2.22. The highest BCUT2D eigenvalue weighted by Crippen LogP contribution is 2.22. The predicted molar refractivity (Wildman–Crippen MR) is 599 cm³/mol. The number of hydrogen-bond acceptors (Lipinski definition) is 12. The number of carbonyl (C=O) groups excluding carboxylic acids is 3. The highest BCUT2D eigenvalue weighted by atomic mass is 16.3. The molecular weight excluding hydrogens is 1660 g/mol. The average molecular weight is 1910 g/mol. The zero-order chi connectivity index (χ0) is 98.8. The Morgan fingerprint density at radius 1 is 0.267 bits per heavy atom. The Hall–Kier alpha value is -1.95. The molecule has 1 saturated heterocycles. The number of carbonyl (C=O) groups is 3. The second-order valence-electron chi connectivity index (χ2n) is 42.0. The summed E-state index contributed by atoms with van der Waals surface area (Å²) in [5.41, 5.74) is 11.4. The first kappa shape index (κ1) is 137. The van der Waals surface area contributed by atoms with Gasteiger partial charge in [-0.2, -0.15) is 0 Å². The van der Waals surface area contributed by atoms with Crippen molar-refractivity contribution in [2.75, 3.05) is 118 Å². The minimum Gasteiger partial charge on any atom is -0.390 e. The third kappa shape index (κ3) is 111. The molecule has 10 N–H and O–H groups in total. The summed E-state index contributed by atoms with van der Waals surface area (Å²) in [7, 11) is 0. The van der Waals surface area contributed by atoms with Crippen LogP contribution in [0.4, 0.5) is 0 Å². The quantitative estimate of drug-likeness (QED) is 0.0268. The van der Waals surface area contributed by atoms with E-state index >= 15 is 0 Å². The number of aliphatic hydroxyl groups excluding tert-OH is 2. The molecule has 1 aliphatic rings. The Balaban J connectivity index is -0.00000197. The van der Waals surface area contributed by atoms with Gasteiger partial charge in [0.25, 0.3) is 0 Å². The second-order valence-corrected chi connectivity index (χ2v) is 42.0. The summed E-state index contributed by atoms with van der Waals surface area (Å²) in [4.78, 5) is 47.7. The van der Waals surface area contributed by atoms with E-state index in [0.717, 1.165) is 124 Å². The zero-order valence-corrected chi connectivity index (χ0v) is 93.5. The van der Waals surface area contributed by atoms with Crippen molar-refractivity contribution >= 4 is 17.7 Å². The van der Waals surface area contributed by atoms with Crippen LogP contribution in [0.15, 0.2) is 0 Å². The molecule has 0 aromatic rings. The van der Waals surface area contributed by atoms with Crippen LogP contribution in [-0.4, -0.2) is 184 Å². The van der Waals surface area contributed by atoms with E-state index in [2.05, 4.69) is 84.4 Å². The maximum absolute atomic E-state index is 12.8. The van der Waals surface area contributed by atoms with E-state index in [1.165, 1.54) is 507 Å². The van der Waals surface area contributed by atoms with Gasteiger partial charge in [0.2, 0.25) is 17.7 Å². The number of nitrogens with one attached hydrogen (secondary N) is 4. The highest BCUT2D eigenvalue weighted by molar-refractivity contribution is 5.77. The van der Waals surface area contributed by atoms with Crippen LogP contribution in [0.5, 0.6) is 0 Å². The van der Waals surface area contributed by atoms with E-state index in [1.54, 1.807) is 0 Å². The summed E-state index contributed by atoms with van der Waals surface area (Å²) in [5, 5.41) is 33.8. The van der Waals surface area contributed by atoms with Crippen LogP contribution >= 0.6 is 0 Å². The number of rotatable bonds is 108. The Labute approximate surface area is 846 Å². The summed E-state index contributed by atoms with van der Waals surface area (Å²) in [6, 6.07) is 0.665. The van der Waals surface area contributed by atoms with Crippen LogP contribution in [0.25, 0.3) is 0 Å². The zero-order valence-electron chi connectivity index (χ0n) is 93.5. The number of aliphatic hydroxyl groups is 2. The van der Waals surface area contributed by atoms with Crippen molar-refractivity contribution in [2.24, 2.45) is 11.5 Å². The van der Waals surface area contributed by atoms with Crippen molar-refractivity contribution in [1.82, 2.24) is 40.9 Å². The Bertz CT molecular complexity index is 2200. The summed E-state index contributed by atoms with van der Waals surface area (Å²) in [6.45, 7) is 35.3. The van der Waals surface area contributed by atoms with Gasteiger partial charge in [0, 0.05) is 90.8 Å². The first-order chi connectivity index (χ1) is 66.5. The largest absolute Gasteiger partial charge is 0.390 e.